The molecule has 2 heterocycles. The molecule has 2 aliphatic carbocycles. The van der Waals surface area contributed by atoms with E-state index in [2.05, 4.69) is 28.7 Å². The van der Waals surface area contributed by atoms with Crippen LogP contribution in [0, 0.1) is 29.1 Å². The summed E-state index contributed by atoms with van der Waals surface area (Å²) in [6, 6.07) is 5.23. The quantitative estimate of drug-likeness (QED) is 0.321. The number of nitrogens with one attached hydrogen (secondary N) is 1. The van der Waals surface area contributed by atoms with Gasteiger partial charge in [0, 0.05) is 48.8 Å². The van der Waals surface area contributed by atoms with Gasteiger partial charge in [0.05, 0.1) is 29.6 Å². The molecule has 1 N–H and O–H groups in total. The summed E-state index contributed by atoms with van der Waals surface area (Å²) in [4.78, 5) is 31.6. The number of benzene rings is 1. The zero-order valence-corrected chi connectivity index (χ0v) is 33.3. The van der Waals surface area contributed by atoms with Crippen molar-refractivity contribution in [3.63, 3.8) is 0 Å². The third-order valence-corrected chi connectivity index (χ3v) is 14.4. The molecule has 0 saturated heterocycles. The minimum Gasteiger partial charge on any atom is -0.490 e. The van der Waals surface area contributed by atoms with Gasteiger partial charge in [-0.2, -0.15) is 0 Å². The Labute approximate surface area is 310 Å². The number of anilines is 1. The van der Waals surface area contributed by atoms with Gasteiger partial charge in [-0.25, -0.2) is 13.1 Å². The normalized spacial score (nSPS) is 33.5. The average Bonchev–Trinajstić information content (AvgIpc) is 3.08. The van der Waals surface area contributed by atoms with Gasteiger partial charge in [0.25, 0.3) is 5.91 Å². The number of fused-ring (bicyclic) bond motifs is 3. The van der Waals surface area contributed by atoms with Crippen LogP contribution in [0.3, 0.4) is 0 Å². The van der Waals surface area contributed by atoms with Crippen LogP contribution in [0.2, 0.25) is 0 Å². The Kier molecular flexibility index (Phi) is 11.8. The van der Waals surface area contributed by atoms with Gasteiger partial charge in [0.1, 0.15) is 5.75 Å². The van der Waals surface area contributed by atoms with Crippen molar-refractivity contribution in [2.75, 3.05) is 38.8 Å². The van der Waals surface area contributed by atoms with Crippen LogP contribution in [0.15, 0.2) is 53.6 Å². The molecule has 1 fully saturated rings. The molecule has 1 saturated carbocycles. The van der Waals surface area contributed by atoms with Crippen molar-refractivity contribution in [3.05, 3.63) is 59.2 Å². The second-order valence-electron chi connectivity index (χ2n) is 16.6. The third kappa shape index (κ3) is 8.54. The number of halogens is 1. The lowest BCUT2D eigenvalue weighted by atomic mass is 9.63. The molecule has 51 heavy (non-hydrogen) atoms. The number of rotatable bonds is 3. The fraction of sp³-hybridized carbons (Fsp3) is 0.650. The first-order valence-corrected chi connectivity index (χ1v) is 20.5. The highest BCUT2D eigenvalue weighted by molar-refractivity contribution is 7.90. The van der Waals surface area contributed by atoms with Crippen LogP contribution in [0.5, 0.6) is 5.75 Å². The van der Waals surface area contributed by atoms with Crippen molar-refractivity contribution in [1.29, 1.82) is 0 Å². The molecule has 11 heteroatoms. The van der Waals surface area contributed by atoms with Crippen molar-refractivity contribution < 1.29 is 27.5 Å². The molecule has 2 bridgehead atoms. The van der Waals surface area contributed by atoms with Crippen molar-refractivity contribution in [3.8, 4) is 5.75 Å². The second kappa shape index (κ2) is 15.3. The number of methoxy groups -OCH3 is 1. The van der Waals surface area contributed by atoms with Crippen molar-refractivity contribution >= 4 is 39.1 Å². The number of ether oxygens (including phenoxy) is 2. The standard InChI is InChI=1S/C40H58ClN3O6S/c1-27-12-11-19-40(49-8,24-36(45)43(7)38(3,4)5)33-16-14-30(33)25-44-21-10-9-13-31-23-32(41)18-20-39(31,6)26-50-35-17-15-29(22-34(35)44)37(46)42-51(47,48)28(27)2/h11,15,17-20,22-23,27-28,30-31,33H,9-10,12-14,16,21,24-26H2,1-8H3,(H,42,46)/b19-11+/t27-,28+,30-,31?,33+,39?,40+/m0/s1. The van der Waals surface area contributed by atoms with E-state index < -0.39 is 26.8 Å². The summed E-state index contributed by atoms with van der Waals surface area (Å²) >= 11 is 6.47. The molecule has 9 nitrogen and oxygen atoms in total. The van der Waals surface area contributed by atoms with Crippen LogP contribution >= 0.6 is 11.6 Å². The Morgan fingerprint density at radius 1 is 1.16 bits per heavy atom. The zero-order valence-electron chi connectivity index (χ0n) is 31.7. The fourth-order valence-corrected chi connectivity index (χ4v) is 9.45. The highest BCUT2D eigenvalue weighted by Crippen LogP contribution is 2.48. The van der Waals surface area contributed by atoms with E-state index in [1.165, 1.54) is 0 Å². The lowest BCUT2D eigenvalue weighted by Gasteiger charge is -2.50. The highest BCUT2D eigenvalue weighted by Gasteiger charge is 2.49. The van der Waals surface area contributed by atoms with Crippen LogP contribution in [0.1, 0.15) is 96.8 Å². The van der Waals surface area contributed by atoms with Crippen LogP contribution in [0.4, 0.5) is 5.69 Å². The van der Waals surface area contributed by atoms with Crippen LogP contribution in [0.25, 0.3) is 0 Å². The Balaban J connectivity index is 1.59. The summed E-state index contributed by atoms with van der Waals surface area (Å²) in [7, 11) is -0.483. The number of amides is 2. The molecule has 1 aromatic carbocycles. The molecule has 7 atom stereocenters. The van der Waals surface area contributed by atoms with E-state index in [4.69, 9.17) is 21.1 Å². The maximum atomic E-state index is 13.9. The van der Waals surface area contributed by atoms with Crippen LogP contribution in [-0.2, 0) is 19.6 Å². The van der Waals surface area contributed by atoms with E-state index in [0.717, 1.165) is 49.4 Å². The van der Waals surface area contributed by atoms with Crippen molar-refractivity contribution in [2.45, 2.75) is 103 Å². The predicted octanol–water partition coefficient (Wildman–Crippen LogP) is 7.47. The first kappa shape index (κ1) is 39.4. The molecule has 2 aliphatic heterocycles. The van der Waals surface area contributed by atoms with E-state index >= 15 is 0 Å². The number of hydrogen-bond donors (Lipinski definition) is 1. The van der Waals surface area contributed by atoms with Gasteiger partial charge in [-0.05, 0) is 108 Å². The molecule has 0 radical (unpaired) electrons. The van der Waals surface area contributed by atoms with E-state index in [0.29, 0.717) is 25.3 Å². The lowest BCUT2D eigenvalue weighted by molar-refractivity contribution is -0.145. The zero-order chi connectivity index (χ0) is 37.4. The molecule has 1 aromatic rings. The summed E-state index contributed by atoms with van der Waals surface area (Å²) in [6.07, 6.45) is 15.6. The fourth-order valence-electron chi connectivity index (χ4n) is 7.95. The highest BCUT2D eigenvalue weighted by atomic mass is 35.5. The molecule has 5 rings (SSSR count). The monoisotopic (exact) mass is 743 g/mol. The lowest BCUT2D eigenvalue weighted by Crippen LogP contribution is -2.54. The Morgan fingerprint density at radius 2 is 1.90 bits per heavy atom. The van der Waals surface area contributed by atoms with E-state index in [9.17, 15) is 18.0 Å². The van der Waals surface area contributed by atoms with Gasteiger partial charge in [-0.15, -0.1) is 0 Å². The Hall–Kier alpha value is -2.82. The minimum atomic E-state index is -4.01. The Bertz CT molecular complexity index is 1670. The Morgan fingerprint density at radius 3 is 2.57 bits per heavy atom. The molecule has 2 unspecified atom stereocenters. The van der Waals surface area contributed by atoms with Gasteiger partial charge in [0.15, 0.2) is 0 Å². The molecule has 2 amide bonds. The van der Waals surface area contributed by atoms with Crippen LogP contribution < -0.4 is 14.4 Å². The van der Waals surface area contributed by atoms with Gasteiger partial charge in [0.2, 0.25) is 15.9 Å². The minimum absolute atomic E-state index is 0.00226. The number of allylic oxidation sites excluding steroid dienone is 4. The van der Waals surface area contributed by atoms with Gasteiger partial charge < -0.3 is 19.3 Å². The number of carbonyl (C=O) groups is 2. The third-order valence-electron chi connectivity index (χ3n) is 12.2. The predicted molar refractivity (Wildman–Crippen MR) is 205 cm³/mol. The first-order valence-electron chi connectivity index (χ1n) is 18.5. The van der Waals surface area contributed by atoms with Gasteiger partial charge in [-0.3, -0.25) is 9.59 Å². The van der Waals surface area contributed by atoms with Crippen LogP contribution in [-0.4, -0.2) is 75.4 Å². The van der Waals surface area contributed by atoms with Gasteiger partial charge in [-0.1, -0.05) is 56.2 Å². The number of sulfonamides is 1. The maximum Gasteiger partial charge on any atom is 0.264 e. The number of hydrogen-bond acceptors (Lipinski definition) is 7. The largest absolute Gasteiger partial charge is 0.490 e. The molecule has 4 aliphatic rings. The topological polar surface area (TPSA) is 105 Å². The number of nitrogens with zero attached hydrogens (tertiary/aromatic N) is 2. The van der Waals surface area contributed by atoms with Crippen molar-refractivity contribution in [2.24, 2.45) is 29.1 Å². The summed E-state index contributed by atoms with van der Waals surface area (Å²) in [5.41, 5.74) is -0.479. The second-order valence-corrected chi connectivity index (χ2v) is 19.1. The summed E-state index contributed by atoms with van der Waals surface area (Å²) < 4.78 is 42.5. The van der Waals surface area contributed by atoms with Crippen molar-refractivity contribution in [1.82, 2.24) is 9.62 Å². The molecule has 0 aromatic heterocycles. The average molecular weight is 744 g/mol. The SMILES string of the molecule is CO[C@@]1(CC(=O)N(C)C(C)(C)C)/C=C/C[C@H](C)[C@@H](C)S(=O)(=O)NC(=O)c2ccc3c(c2)N(CCCCC2C=C(Cl)C=CC2(C)CO3)C[C@@H]2CC[C@H]21. The molecule has 282 valence electrons. The van der Waals surface area contributed by atoms with E-state index in [1.807, 2.05) is 53.0 Å². The summed E-state index contributed by atoms with van der Waals surface area (Å²) in [5.74, 6) is 0.145. The molecular formula is C40H58ClN3O6S. The summed E-state index contributed by atoms with van der Waals surface area (Å²) in [6.45, 7) is 13.6. The molecular weight excluding hydrogens is 686 g/mol. The summed E-state index contributed by atoms with van der Waals surface area (Å²) in [5, 5.41) is -0.104. The maximum absolute atomic E-state index is 13.9. The van der Waals surface area contributed by atoms with E-state index in [-0.39, 0.29) is 52.5 Å². The van der Waals surface area contributed by atoms with E-state index in [1.54, 1.807) is 37.1 Å². The molecule has 0 spiro atoms. The smallest absolute Gasteiger partial charge is 0.264 e. The number of carbonyl (C=O) groups excluding carboxylic acids is 2. The van der Waals surface area contributed by atoms with Gasteiger partial charge >= 0.3 is 0 Å². The first-order chi connectivity index (χ1) is 23.9.